The Morgan fingerprint density at radius 1 is 1.38 bits per heavy atom. The highest BCUT2D eigenvalue weighted by molar-refractivity contribution is 9.11. The Kier molecular flexibility index (Phi) is 3.26. The van der Waals surface area contributed by atoms with E-state index in [2.05, 4.69) is 21.4 Å². The molecule has 1 unspecified atom stereocenters. The number of halogens is 1. The minimum Gasteiger partial charge on any atom is -0.366 e. The van der Waals surface area contributed by atoms with E-state index < -0.39 is 6.10 Å². The molecule has 1 atom stereocenters. The van der Waals surface area contributed by atoms with Gasteiger partial charge in [0, 0.05) is 13.3 Å². The predicted molar refractivity (Wildman–Crippen MR) is 64.9 cm³/mol. The van der Waals surface area contributed by atoms with Gasteiger partial charge in [0.1, 0.15) is 0 Å². The molecule has 1 heterocycles. The minimum absolute atomic E-state index is 0.194. The second-order valence-corrected chi connectivity index (χ2v) is 4.23. The number of hydrazine groups is 1. The molecule has 0 bridgehead atoms. The van der Waals surface area contributed by atoms with E-state index in [4.69, 9.17) is 4.74 Å². The largest absolute Gasteiger partial charge is 0.366 e. The number of hydrogen-bond acceptors (Lipinski definition) is 3. The minimum atomic E-state index is -0.569. The van der Waals surface area contributed by atoms with E-state index in [1.807, 2.05) is 30.3 Å². The highest BCUT2D eigenvalue weighted by Gasteiger charge is 2.27. The van der Waals surface area contributed by atoms with Crippen LogP contribution in [0, 0.1) is 0 Å². The predicted octanol–water partition coefficient (Wildman–Crippen LogP) is 1.79. The van der Waals surface area contributed by atoms with Crippen LogP contribution in [-0.4, -0.2) is 19.1 Å². The number of nitrogens with zero attached hydrogens (tertiary/aromatic N) is 1. The van der Waals surface area contributed by atoms with Crippen molar-refractivity contribution in [1.29, 1.82) is 0 Å². The fourth-order valence-electron chi connectivity index (χ4n) is 1.47. The van der Waals surface area contributed by atoms with Crippen molar-refractivity contribution in [2.24, 2.45) is 0 Å². The summed E-state index contributed by atoms with van der Waals surface area (Å²) in [6.07, 6.45) is 1.21. The van der Waals surface area contributed by atoms with Crippen LogP contribution < -0.4 is 10.4 Å². The van der Waals surface area contributed by atoms with Crippen molar-refractivity contribution in [1.82, 2.24) is 5.43 Å². The molecular weight excluding hydrogens is 272 g/mol. The average molecular weight is 283 g/mol. The lowest BCUT2D eigenvalue weighted by atomic mass is 10.2. The summed E-state index contributed by atoms with van der Waals surface area (Å²) in [5.41, 5.74) is 3.62. The smallest absolute Gasteiger partial charge is 0.273 e. The number of para-hydroxylation sites is 1. The molecule has 0 saturated heterocycles. The molecule has 84 valence electrons. The Bertz CT molecular complexity index is 419. The third kappa shape index (κ3) is 2.10. The average Bonchev–Trinajstić information content (AvgIpc) is 2.30. The lowest BCUT2D eigenvalue weighted by molar-refractivity contribution is -0.129. The van der Waals surface area contributed by atoms with Gasteiger partial charge in [0.2, 0.25) is 0 Å². The molecule has 1 N–H and O–H groups in total. The van der Waals surface area contributed by atoms with E-state index in [1.165, 1.54) is 7.11 Å². The zero-order chi connectivity index (χ0) is 11.5. The monoisotopic (exact) mass is 282 g/mol. The number of nitrogens with one attached hydrogen (secondary N) is 1. The molecule has 1 aromatic carbocycles. The molecule has 1 aliphatic heterocycles. The van der Waals surface area contributed by atoms with E-state index in [9.17, 15) is 4.79 Å². The zero-order valence-corrected chi connectivity index (χ0v) is 10.3. The molecule has 16 heavy (non-hydrogen) atoms. The van der Waals surface area contributed by atoms with Crippen molar-refractivity contribution >= 4 is 27.5 Å². The maximum Gasteiger partial charge on any atom is 0.273 e. The van der Waals surface area contributed by atoms with Gasteiger partial charge in [0.25, 0.3) is 5.91 Å². The molecule has 2 rings (SSSR count). The SMILES string of the molecule is COC1C(=O)NN(c2ccccc2)C=C1Br. The number of hydrogen-bond donors (Lipinski definition) is 1. The number of carbonyl (C=O) groups is 1. The summed E-state index contributed by atoms with van der Waals surface area (Å²) in [6, 6.07) is 9.55. The summed E-state index contributed by atoms with van der Waals surface area (Å²) < 4.78 is 5.74. The molecule has 1 aliphatic rings. The zero-order valence-electron chi connectivity index (χ0n) is 8.68. The molecule has 0 aliphatic carbocycles. The lowest BCUT2D eigenvalue weighted by Crippen LogP contribution is -2.49. The molecule has 0 aromatic heterocycles. The maximum absolute atomic E-state index is 11.7. The van der Waals surface area contributed by atoms with Crippen LogP contribution in [0.2, 0.25) is 0 Å². The van der Waals surface area contributed by atoms with Gasteiger partial charge < -0.3 is 4.74 Å². The highest BCUT2D eigenvalue weighted by atomic mass is 79.9. The summed E-state index contributed by atoms with van der Waals surface area (Å²) >= 11 is 3.33. The van der Waals surface area contributed by atoms with Crippen molar-refractivity contribution in [3.05, 3.63) is 41.0 Å². The molecule has 0 radical (unpaired) electrons. The first-order valence-corrected chi connectivity index (χ1v) is 5.56. The van der Waals surface area contributed by atoms with Crippen LogP contribution in [0.1, 0.15) is 0 Å². The number of anilines is 1. The quantitative estimate of drug-likeness (QED) is 0.899. The van der Waals surface area contributed by atoms with Crippen LogP contribution in [0.4, 0.5) is 5.69 Å². The van der Waals surface area contributed by atoms with Crippen LogP contribution in [0.15, 0.2) is 41.0 Å². The van der Waals surface area contributed by atoms with Crippen LogP contribution in [0.25, 0.3) is 0 Å². The van der Waals surface area contributed by atoms with Crippen LogP contribution in [0.5, 0.6) is 0 Å². The third-order valence-corrected chi connectivity index (χ3v) is 2.86. The molecule has 1 amide bonds. The van der Waals surface area contributed by atoms with Crippen molar-refractivity contribution < 1.29 is 9.53 Å². The first kappa shape index (κ1) is 11.2. The molecular formula is C11H11BrN2O2. The Hall–Kier alpha value is -1.33. The molecule has 5 heteroatoms. The van der Waals surface area contributed by atoms with Gasteiger partial charge in [-0.25, -0.2) is 0 Å². The van der Waals surface area contributed by atoms with E-state index in [0.717, 1.165) is 5.69 Å². The van der Waals surface area contributed by atoms with E-state index >= 15 is 0 Å². The number of amides is 1. The van der Waals surface area contributed by atoms with Gasteiger partial charge in [-0.15, -0.1) is 0 Å². The normalized spacial score (nSPS) is 20.4. The number of methoxy groups -OCH3 is 1. The van der Waals surface area contributed by atoms with Crippen molar-refractivity contribution in [2.75, 3.05) is 12.1 Å². The van der Waals surface area contributed by atoms with Gasteiger partial charge in [0.15, 0.2) is 6.10 Å². The molecule has 0 spiro atoms. The molecule has 1 aromatic rings. The molecule has 4 nitrogen and oxygen atoms in total. The first-order chi connectivity index (χ1) is 7.72. The van der Waals surface area contributed by atoms with E-state index in [-0.39, 0.29) is 5.91 Å². The number of carbonyl (C=O) groups excluding carboxylic acids is 1. The standard InChI is InChI=1S/C11H11BrN2O2/c1-16-10-9(12)7-14(13-11(10)15)8-5-3-2-4-6-8/h2-7,10H,1H3,(H,13,15). The van der Waals surface area contributed by atoms with Crippen molar-refractivity contribution in [3.63, 3.8) is 0 Å². The van der Waals surface area contributed by atoms with Crippen LogP contribution >= 0.6 is 15.9 Å². The fraction of sp³-hybridized carbons (Fsp3) is 0.182. The van der Waals surface area contributed by atoms with Gasteiger partial charge in [-0.2, -0.15) is 0 Å². The summed E-state index contributed by atoms with van der Waals surface area (Å²) in [4.78, 5) is 11.7. The second kappa shape index (κ2) is 4.67. The highest BCUT2D eigenvalue weighted by Crippen LogP contribution is 2.22. The Morgan fingerprint density at radius 2 is 2.06 bits per heavy atom. The van der Waals surface area contributed by atoms with Gasteiger partial charge in [-0.05, 0) is 12.1 Å². The van der Waals surface area contributed by atoms with Gasteiger partial charge >= 0.3 is 0 Å². The first-order valence-electron chi connectivity index (χ1n) is 4.77. The van der Waals surface area contributed by atoms with Gasteiger partial charge in [0.05, 0.1) is 10.2 Å². The second-order valence-electron chi connectivity index (χ2n) is 3.31. The summed E-state index contributed by atoms with van der Waals surface area (Å²) in [5.74, 6) is -0.194. The fourth-order valence-corrected chi connectivity index (χ4v) is 2.07. The van der Waals surface area contributed by atoms with Crippen molar-refractivity contribution in [2.45, 2.75) is 6.10 Å². The van der Waals surface area contributed by atoms with Crippen molar-refractivity contribution in [3.8, 4) is 0 Å². The Labute approximate surface area is 102 Å². The van der Waals surface area contributed by atoms with Crippen LogP contribution in [0.3, 0.4) is 0 Å². The summed E-state index contributed by atoms with van der Waals surface area (Å²) in [7, 11) is 1.50. The Morgan fingerprint density at radius 3 is 2.62 bits per heavy atom. The van der Waals surface area contributed by atoms with E-state index in [1.54, 1.807) is 11.2 Å². The maximum atomic E-state index is 11.7. The number of benzene rings is 1. The number of rotatable bonds is 2. The Balaban J connectivity index is 2.27. The van der Waals surface area contributed by atoms with Gasteiger partial charge in [-0.3, -0.25) is 15.2 Å². The van der Waals surface area contributed by atoms with E-state index in [0.29, 0.717) is 4.48 Å². The molecule has 0 saturated carbocycles. The summed E-state index contributed by atoms with van der Waals surface area (Å²) in [6.45, 7) is 0. The topological polar surface area (TPSA) is 41.6 Å². The lowest BCUT2D eigenvalue weighted by Gasteiger charge is -2.29. The summed E-state index contributed by atoms with van der Waals surface area (Å²) in [5, 5.41) is 1.65. The number of ether oxygens (including phenoxy) is 1. The third-order valence-electron chi connectivity index (χ3n) is 2.24. The van der Waals surface area contributed by atoms with Crippen LogP contribution in [-0.2, 0) is 9.53 Å². The van der Waals surface area contributed by atoms with Gasteiger partial charge in [-0.1, -0.05) is 34.1 Å². The molecule has 0 fully saturated rings.